The lowest BCUT2D eigenvalue weighted by atomic mass is 10.1. The van der Waals surface area contributed by atoms with Gasteiger partial charge in [-0.05, 0) is 54.6 Å². The molecule has 0 N–H and O–H groups in total. The minimum Gasteiger partial charge on any atom is -0.497 e. The molecule has 3 aromatic carbocycles. The summed E-state index contributed by atoms with van der Waals surface area (Å²) < 4.78 is 52.9. The van der Waals surface area contributed by atoms with Crippen LogP contribution in [0.25, 0.3) is 0 Å². The van der Waals surface area contributed by atoms with E-state index in [1.165, 1.54) is 47.6 Å². The molecule has 1 aliphatic rings. The maximum Gasteiger partial charge on any atom is 0.264 e. The van der Waals surface area contributed by atoms with Gasteiger partial charge in [0, 0.05) is 33.2 Å². The molecule has 0 unspecified atom stereocenters. The Labute approximate surface area is 220 Å². The van der Waals surface area contributed by atoms with Gasteiger partial charge in [0.05, 0.1) is 41.1 Å². The Morgan fingerprint density at radius 2 is 1.65 bits per heavy atom. The van der Waals surface area contributed by atoms with Gasteiger partial charge < -0.3 is 19.3 Å². The van der Waals surface area contributed by atoms with Gasteiger partial charge in [0.1, 0.15) is 17.3 Å². The quantitative estimate of drug-likeness (QED) is 0.439. The van der Waals surface area contributed by atoms with Crippen LogP contribution in [0.1, 0.15) is 10.4 Å². The van der Waals surface area contributed by atoms with Crippen molar-refractivity contribution in [3.8, 4) is 11.5 Å². The van der Waals surface area contributed by atoms with E-state index in [0.717, 1.165) is 0 Å². The number of hydrogen-bond donors (Lipinski definition) is 0. The van der Waals surface area contributed by atoms with Crippen molar-refractivity contribution in [2.24, 2.45) is 0 Å². The molecule has 8 nitrogen and oxygen atoms in total. The molecule has 37 heavy (non-hydrogen) atoms. The molecular formula is C26H27ClFN3O5S. The Kier molecular flexibility index (Phi) is 7.79. The van der Waals surface area contributed by atoms with Gasteiger partial charge in [0.2, 0.25) is 0 Å². The van der Waals surface area contributed by atoms with E-state index in [2.05, 4.69) is 0 Å². The molecular weight excluding hydrogens is 521 g/mol. The van der Waals surface area contributed by atoms with E-state index in [9.17, 15) is 17.6 Å². The second-order valence-electron chi connectivity index (χ2n) is 8.38. The molecule has 1 aliphatic heterocycles. The predicted molar refractivity (Wildman–Crippen MR) is 141 cm³/mol. The fourth-order valence-corrected chi connectivity index (χ4v) is 5.64. The van der Waals surface area contributed by atoms with Crippen molar-refractivity contribution < 1.29 is 27.1 Å². The number of amides is 1. The second kappa shape index (κ2) is 10.9. The van der Waals surface area contributed by atoms with E-state index in [1.54, 1.807) is 43.5 Å². The molecule has 1 saturated heterocycles. The first-order chi connectivity index (χ1) is 17.7. The van der Waals surface area contributed by atoms with Crippen LogP contribution in [0.4, 0.5) is 15.8 Å². The zero-order chi connectivity index (χ0) is 26.7. The summed E-state index contributed by atoms with van der Waals surface area (Å²) in [5.41, 5.74) is 0.921. The van der Waals surface area contributed by atoms with Crippen LogP contribution in [0.15, 0.2) is 65.6 Å². The van der Waals surface area contributed by atoms with E-state index in [1.807, 2.05) is 4.90 Å². The van der Waals surface area contributed by atoms with Gasteiger partial charge in [-0.25, -0.2) is 12.8 Å². The van der Waals surface area contributed by atoms with Gasteiger partial charge in [-0.15, -0.1) is 0 Å². The van der Waals surface area contributed by atoms with Crippen LogP contribution in [0.2, 0.25) is 5.02 Å². The average molecular weight is 548 g/mol. The number of ether oxygens (including phenoxy) is 2. The zero-order valence-corrected chi connectivity index (χ0v) is 22.2. The average Bonchev–Trinajstić information content (AvgIpc) is 2.92. The molecule has 3 aromatic rings. The van der Waals surface area contributed by atoms with Gasteiger partial charge >= 0.3 is 0 Å². The lowest BCUT2D eigenvalue weighted by Gasteiger charge is -2.37. The van der Waals surface area contributed by atoms with Crippen LogP contribution < -0.4 is 18.7 Å². The van der Waals surface area contributed by atoms with Crippen molar-refractivity contribution in [2.45, 2.75) is 4.90 Å². The van der Waals surface area contributed by atoms with Gasteiger partial charge in [0.15, 0.2) is 0 Å². The number of nitrogens with zero attached hydrogens (tertiary/aromatic N) is 3. The molecule has 1 heterocycles. The third-order valence-corrected chi connectivity index (χ3v) is 8.43. The predicted octanol–water partition coefficient (Wildman–Crippen LogP) is 4.28. The SMILES string of the molecule is COc1ccc(N(C)S(=O)(=O)c2ccc(OC)c(N3CCN(C(=O)c4c(F)cccc4Cl)CC3)c2)cc1. The standard InChI is InChI=1S/C26H27ClFN3O5S/c1-29(18-7-9-19(35-2)10-8-18)37(33,34)20-11-12-24(36-3)23(17-20)30-13-15-31(16-14-30)26(32)25-21(27)5-4-6-22(25)28/h4-12,17H,13-16H2,1-3H3. The third kappa shape index (κ3) is 5.30. The Balaban J connectivity index is 1.55. The number of carbonyl (C=O) groups excluding carboxylic acids is 1. The lowest BCUT2D eigenvalue weighted by molar-refractivity contribution is 0.0742. The van der Waals surface area contributed by atoms with Crippen molar-refractivity contribution in [3.05, 3.63) is 77.1 Å². The van der Waals surface area contributed by atoms with Crippen LogP contribution in [-0.2, 0) is 10.0 Å². The minimum absolute atomic E-state index is 0.0630. The summed E-state index contributed by atoms with van der Waals surface area (Å²) in [6.07, 6.45) is 0. The molecule has 1 fully saturated rings. The molecule has 0 radical (unpaired) electrons. The highest BCUT2D eigenvalue weighted by molar-refractivity contribution is 7.92. The number of benzene rings is 3. The van der Waals surface area contributed by atoms with Crippen LogP contribution in [0, 0.1) is 5.82 Å². The van der Waals surface area contributed by atoms with E-state index < -0.39 is 21.7 Å². The second-order valence-corrected chi connectivity index (χ2v) is 10.8. The highest BCUT2D eigenvalue weighted by Gasteiger charge is 2.29. The molecule has 196 valence electrons. The molecule has 0 aliphatic carbocycles. The largest absolute Gasteiger partial charge is 0.497 e. The number of methoxy groups -OCH3 is 2. The number of carbonyl (C=O) groups is 1. The first-order valence-corrected chi connectivity index (χ1v) is 13.3. The summed E-state index contributed by atoms with van der Waals surface area (Å²) in [5.74, 6) is -0.0215. The van der Waals surface area contributed by atoms with Crippen molar-refractivity contribution in [2.75, 3.05) is 56.7 Å². The van der Waals surface area contributed by atoms with Gasteiger partial charge in [-0.1, -0.05) is 17.7 Å². The highest BCUT2D eigenvalue weighted by Crippen LogP contribution is 2.34. The number of sulfonamides is 1. The summed E-state index contributed by atoms with van der Waals surface area (Å²) in [6, 6.07) is 15.5. The molecule has 4 rings (SSSR count). The maximum absolute atomic E-state index is 14.3. The molecule has 11 heteroatoms. The van der Waals surface area contributed by atoms with Crippen LogP contribution in [-0.4, -0.2) is 66.7 Å². The summed E-state index contributed by atoms with van der Waals surface area (Å²) in [6.45, 7) is 1.39. The van der Waals surface area contributed by atoms with Gasteiger partial charge in [-0.2, -0.15) is 0 Å². The topological polar surface area (TPSA) is 79.4 Å². The number of hydrogen-bond acceptors (Lipinski definition) is 6. The first kappa shape index (κ1) is 26.6. The monoisotopic (exact) mass is 547 g/mol. The molecule has 0 atom stereocenters. The fourth-order valence-electron chi connectivity index (χ4n) is 4.18. The van der Waals surface area contributed by atoms with Crippen molar-refractivity contribution >= 4 is 38.9 Å². The van der Waals surface area contributed by atoms with Crippen LogP contribution in [0.5, 0.6) is 11.5 Å². The summed E-state index contributed by atoms with van der Waals surface area (Å²) >= 11 is 6.07. The van der Waals surface area contributed by atoms with E-state index in [0.29, 0.717) is 49.1 Å². The van der Waals surface area contributed by atoms with E-state index in [4.69, 9.17) is 21.1 Å². The number of halogens is 2. The Hall–Kier alpha value is -3.50. The van der Waals surface area contributed by atoms with Crippen molar-refractivity contribution in [1.82, 2.24) is 4.90 Å². The molecule has 0 saturated carbocycles. The normalized spacial score (nSPS) is 13.9. The number of anilines is 2. The summed E-state index contributed by atoms with van der Waals surface area (Å²) in [5, 5.41) is 0.0630. The van der Waals surface area contributed by atoms with Crippen LogP contribution >= 0.6 is 11.6 Å². The van der Waals surface area contributed by atoms with E-state index >= 15 is 0 Å². The van der Waals surface area contributed by atoms with Gasteiger partial charge in [0.25, 0.3) is 15.9 Å². The Morgan fingerprint density at radius 1 is 0.973 bits per heavy atom. The Bertz CT molecular complexity index is 1370. The summed E-state index contributed by atoms with van der Waals surface area (Å²) in [7, 11) is 0.658. The molecule has 0 bridgehead atoms. The van der Waals surface area contributed by atoms with Crippen molar-refractivity contribution in [1.29, 1.82) is 0 Å². The zero-order valence-electron chi connectivity index (χ0n) is 20.6. The minimum atomic E-state index is -3.88. The van der Waals surface area contributed by atoms with E-state index in [-0.39, 0.29) is 15.5 Å². The number of rotatable bonds is 7. The fraction of sp³-hybridized carbons (Fsp3) is 0.269. The highest BCUT2D eigenvalue weighted by atomic mass is 35.5. The van der Waals surface area contributed by atoms with Crippen LogP contribution in [0.3, 0.4) is 0 Å². The Morgan fingerprint density at radius 3 is 2.24 bits per heavy atom. The molecule has 1 amide bonds. The smallest absolute Gasteiger partial charge is 0.264 e. The molecule has 0 aromatic heterocycles. The summed E-state index contributed by atoms with van der Waals surface area (Å²) in [4.78, 5) is 16.5. The third-order valence-electron chi connectivity index (χ3n) is 6.33. The number of piperazine rings is 1. The van der Waals surface area contributed by atoms with Crippen molar-refractivity contribution in [3.63, 3.8) is 0 Å². The first-order valence-electron chi connectivity index (χ1n) is 11.5. The molecule has 0 spiro atoms. The maximum atomic E-state index is 14.3. The van der Waals surface area contributed by atoms with Gasteiger partial charge in [-0.3, -0.25) is 9.10 Å². The lowest BCUT2D eigenvalue weighted by Crippen LogP contribution is -2.49.